The number of carbonyl (C=O) groups excluding carboxylic acids is 1. The van der Waals surface area contributed by atoms with Gasteiger partial charge in [-0.3, -0.25) is 4.79 Å². The summed E-state index contributed by atoms with van der Waals surface area (Å²) in [6.07, 6.45) is 5.96. The summed E-state index contributed by atoms with van der Waals surface area (Å²) in [5, 5.41) is 3.33. The molecule has 0 radical (unpaired) electrons. The van der Waals surface area contributed by atoms with E-state index in [2.05, 4.69) is 24.1 Å². The maximum Gasteiger partial charge on any atom is 0.242 e. The van der Waals surface area contributed by atoms with Gasteiger partial charge in [0.05, 0.1) is 6.54 Å². The van der Waals surface area contributed by atoms with Crippen molar-refractivity contribution in [1.29, 1.82) is 0 Å². The molecule has 1 aliphatic carbocycles. The van der Waals surface area contributed by atoms with E-state index in [-0.39, 0.29) is 5.91 Å². The summed E-state index contributed by atoms with van der Waals surface area (Å²) in [6.45, 7) is 8.16. The Kier molecular flexibility index (Phi) is 4.58. The normalized spacial score (nSPS) is 14.9. The number of imidazole rings is 1. The molecule has 1 N–H and O–H groups in total. The Hall–Kier alpha value is -1.36. The molecule has 19 heavy (non-hydrogen) atoms. The lowest BCUT2D eigenvalue weighted by Gasteiger charge is -2.21. The summed E-state index contributed by atoms with van der Waals surface area (Å²) in [5.74, 6) is 1.13. The van der Waals surface area contributed by atoms with Crippen molar-refractivity contribution < 1.29 is 4.79 Å². The van der Waals surface area contributed by atoms with Gasteiger partial charge in [-0.25, -0.2) is 4.98 Å². The summed E-state index contributed by atoms with van der Waals surface area (Å²) in [5.41, 5.74) is 0. The second-order valence-electron chi connectivity index (χ2n) is 5.42. The van der Waals surface area contributed by atoms with Crippen LogP contribution in [0.3, 0.4) is 0 Å². The van der Waals surface area contributed by atoms with Gasteiger partial charge in [-0.1, -0.05) is 13.8 Å². The first-order chi connectivity index (χ1) is 9.11. The van der Waals surface area contributed by atoms with Crippen molar-refractivity contribution in [2.45, 2.75) is 58.8 Å². The van der Waals surface area contributed by atoms with Crippen molar-refractivity contribution in [3.05, 3.63) is 18.2 Å². The molecule has 0 bridgehead atoms. The number of hydrogen-bond acceptors (Lipinski definition) is 3. The van der Waals surface area contributed by atoms with Gasteiger partial charge in [0.25, 0.3) is 0 Å². The van der Waals surface area contributed by atoms with Crippen LogP contribution >= 0.6 is 0 Å². The van der Waals surface area contributed by atoms with Crippen molar-refractivity contribution in [2.24, 2.45) is 0 Å². The Bertz CT molecular complexity index is 423. The maximum absolute atomic E-state index is 12.3. The summed E-state index contributed by atoms with van der Waals surface area (Å²) in [4.78, 5) is 18.6. The third-order valence-corrected chi connectivity index (χ3v) is 3.42. The van der Waals surface area contributed by atoms with Gasteiger partial charge in [-0.2, -0.15) is 0 Å². The minimum absolute atomic E-state index is 0.203. The molecule has 1 aromatic rings. The largest absolute Gasteiger partial charge is 0.338 e. The molecule has 1 fully saturated rings. The minimum Gasteiger partial charge on any atom is -0.338 e. The first kappa shape index (κ1) is 14.1. The molecule has 0 atom stereocenters. The second kappa shape index (κ2) is 6.19. The SMILES string of the molecule is CCN(C(=O)Cn1ccnc1CNC(C)C)C1CC1. The third-order valence-electron chi connectivity index (χ3n) is 3.42. The third kappa shape index (κ3) is 3.80. The summed E-state index contributed by atoms with van der Waals surface area (Å²) in [7, 11) is 0. The molecule has 1 amide bonds. The van der Waals surface area contributed by atoms with Gasteiger partial charge in [0.2, 0.25) is 5.91 Å². The molecule has 0 saturated heterocycles. The molecule has 1 heterocycles. The lowest BCUT2D eigenvalue weighted by Crippen LogP contribution is -2.36. The molecule has 2 rings (SSSR count). The summed E-state index contributed by atoms with van der Waals surface area (Å²) < 4.78 is 1.95. The molecular formula is C14H24N4O. The lowest BCUT2D eigenvalue weighted by atomic mass is 10.4. The highest BCUT2D eigenvalue weighted by Gasteiger charge is 2.31. The van der Waals surface area contributed by atoms with E-state index in [0.717, 1.165) is 25.2 Å². The highest BCUT2D eigenvalue weighted by molar-refractivity contribution is 5.76. The van der Waals surface area contributed by atoms with Gasteiger partial charge >= 0.3 is 0 Å². The van der Waals surface area contributed by atoms with Crippen molar-refractivity contribution in [3.8, 4) is 0 Å². The van der Waals surface area contributed by atoms with E-state index in [4.69, 9.17) is 0 Å². The van der Waals surface area contributed by atoms with E-state index in [1.165, 1.54) is 0 Å². The molecule has 106 valence electrons. The van der Waals surface area contributed by atoms with Gasteiger partial charge in [0, 0.05) is 31.0 Å². The van der Waals surface area contributed by atoms with E-state index in [0.29, 0.717) is 25.2 Å². The maximum atomic E-state index is 12.3. The van der Waals surface area contributed by atoms with Gasteiger partial charge in [-0.05, 0) is 19.8 Å². The fourth-order valence-corrected chi connectivity index (χ4v) is 2.21. The van der Waals surface area contributed by atoms with E-state index >= 15 is 0 Å². The van der Waals surface area contributed by atoms with Gasteiger partial charge in [0.15, 0.2) is 0 Å². The number of carbonyl (C=O) groups is 1. The van der Waals surface area contributed by atoms with Crippen LogP contribution < -0.4 is 5.32 Å². The van der Waals surface area contributed by atoms with Crippen LogP contribution in [0, 0.1) is 0 Å². The van der Waals surface area contributed by atoms with Gasteiger partial charge in [-0.15, -0.1) is 0 Å². The molecule has 0 spiro atoms. The highest BCUT2D eigenvalue weighted by Crippen LogP contribution is 2.26. The Labute approximate surface area is 115 Å². The van der Waals surface area contributed by atoms with Crippen molar-refractivity contribution >= 4 is 5.91 Å². The number of hydrogen-bond donors (Lipinski definition) is 1. The van der Waals surface area contributed by atoms with Crippen LogP contribution in [-0.4, -0.2) is 39.0 Å². The number of amides is 1. The standard InChI is InChI=1S/C14H24N4O/c1-4-18(12-5-6-12)14(19)10-17-8-7-15-13(17)9-16-11(2)3/h7-8,11-12,16H,4-6,9-10H2,1-3H3. The number of nitrogens with one attached hydrogen (secondary N) is 1. The monoisotopic (exact) mass is 264 g/mol. The Morgan fingerprint density at radius 3 is 2.89 bits per heavy atom. The molecule has 5 heteroatoms. The van der Waals surface area contributed by atoms with Crippen molar-refractivity contribution in [2.75, 3.05) is 6.54 Å². The van der Waals surface area contributed by atoms with Crippen LogP contribution in [-0.2, 0) is 17.9 Å². The fourth-order valence-electron chi connectivity index (χ4n) is 2.21. The molecule has 1 aliphatic rings. The van der Waals surface area contributed by atoms with Gasteiger partial charge in [0.1, 0.15) is 12.4 Å². The van der Waals surface area contributed by atoms with Crippen LogP contribution in [0.25, 0.3) is 0 Å². The van der Waals surface area contributed by atoms with E-state index in [1.807, 2.05) is 22.6 Å². The Balaban J connectivity index is 1.94. The summed E-state index contributed by atoms with van der Waals surface area (Å²) >= 11 is 0. The predicted molar refractivity (Wildman–Crippen MR) is 74.6 cm³/mol. The zero-order chi connectivity index (χ0) is 13.8. The zero-order valence-corrected chi connectivity index (χ0v) is 12.1. The number of rotatable bonds is 7. The second-order valence-corrected chi connectivity index (χ2v) is 5.42. The topological polar surface area (TPSA) is 50.2 Å². The average Bonchev–Trinajstić information content (AvgIpc) is 3.09. The lowest BCUT2D eigenvalue weighted by molar-refractivity contribution is -0.132. The Morgan fingerprint density at radius 1 is 1.58 bits per heavy atom. The zero-order valence-electron chi connectivity index (χ0n) is 12.1. The molecule has 5 nitrogen and oxygen atoms in total. The quantitative estimate of drug-likeness (QED) is 0.809. The van der Waals surface area contributed by atoms with E-state index < -0.39 is 0 Å². The van der Waals surface area contributed by atoms with E-state index in [9.17, 15) is 4.79 Å². The molecule has 1 aromatic heterocycles. The van der Waals surface area contributed by atoms with Crippen molar-refractivity contribution in [3.63, 3.8) is 0 Å². The summed E-state index contributed by atoms with van der Waals surface area (Å²) in [6, 6.07) is 0.901. The van der Waals surface area contributed by atoms with Crippen LogP contribution in [0.1, 0.15) is 39.4 Å². The molecule has 0 unspecified atom stereocenters. The molecular weight excluding hydrogens is 240 g/mol. The Morgan fingerprint density at radius 2 is 2.32 bits per heavy atom. The van der Waals surface area contributed by atoms with Crippen LogP contribution in [0.2, 0.25) is 0 Å². The predicted octanol–water partition coefficient (Wildman–Crippen LogP) is 1.39. The van der Waals surface area contributed by atoms with Gasteiger partial charge < -0.3 is 14.8 Å². The first-order valence-electron chi connectivity index (χ1n) is 7.14. The molecule has 0 aliphatic heterocycles. The van der Waals surface area contributed by atoms with Crippen molar-refractivity contribution in [1.82, 2.24) is 19.8 Å². The number of aromatic nitrogens is 2. The van der Waals surface area contributed by atoms with Crippen LogP contribution in [0.4, 0.5) is 0 Å². The smallest absolute Gasteiger partial charge is 0.242 e. The van der Waals surface area contributed by atoms with Crippen LogP contribution in [0.5, 0.6) is 0 Å². The molecule has 1 saturated carbocycles. The van der Waals surface area contributed by atoms with Crippen LogP contribution in [0.15, 0.2) is 12.4 Å². The first-order valence-corrected chi connectivity index (χ1v) is 7.14. The van der Waals surface area contributed by atoms with E-state index in [1.54, 1.807) is 6.20 Å². The average molecular weight is 264 g/mol. The molecule has 0 aromatic carbocycles. The highest BCUT2D eigenvalue weighted by atomic mass is 16.2. The minimum atomic E-state index is 0.203. The number of nitrogens with zero attached hydrogens (tertiary/aromatic N) is 3. The number of likely N-dealkylation sites (N-methyl/N-ethyl adjacent to an activating group) is 1. The fraction of sp³-hybridized carbons (Fsp3) is 0.714.